The highest BCUT2D eigenvalue weighted by Crippen LogP contribution is 2.04. The second kappa shape index (κ2) is 27.8. The van der Waals surface area contributed by atoms with Crippen LogP contribution in [0.4, 0.5) is 0 Å². The predicted molar refractivity (Wildman–Crippen MR) is 160 cm³/mol. The van der Waals surface area contributed by atoms with Gasteiger partial charge >= 0.3 is 0 Å². The molecule has 0 aliphatic carbocycles. The van der Waals surface area contributed by atoms with Gasteiger partial charge in [0, 0.05) is 64.7 Å². The fourth-order valence-corrected chi connectivity index (χ4v) is 3.50. The first-order valence-electron chi connectivity index (χ1n) is 14.7. The zero-order chi connectivity index (χ0) is 30.6. The number of ether oxygens (including phenoxy) is 3. The van der Waals surface area contributed by atoms with Gasteiger partial charge in [-0.25, -0.2) is 0 Å². The molecule has 13 heteroatoms. The molecule has 0 aromatic carbocycles. The van der Waals surface area contributed by atoms with Gasteiger partial charge in [-0.2, -0.15) is 0 Å². The third kappa shape index (κ3) is 26.3. The minimum atomic E-state index is -0.291. The molecule has 0 fully saturated rings. The van der Waals surface area contributed by atoms with Gasteiger partial charge in [-0.15, -0.1) is 17.7 Å². The Balaban J connectivity index is 0.00000781. The number of rotatable bonds is 26. The number of hydrogen-bond donors (Lipinski definition) is 3. The van der Waals surface area contributed by atoms with E-state index in [1.54, 1.807) is 11.6 Å². The van der Waals surface area contributed by atoms with Gasteiger partial charge in [-0.3, -0.25) is 19.1 Å². The number of carbonyl (C=O) groups excluding carboxylic acids is 4. The van der Waals surface area contributed by atoms with Gasteiger partial charge in [0.1, 0.15) is 5.78 Å². The Morgan fingerprint density at radius 2 is 1.32 bits per heavy atom. The number of thiol groups is 1. The van der Waals surface area contributed by atoms with Crippen LogP contribution in [0.5, 0.6) is 0 Å². The molecule has 0 saturated heterocycles. The number of aryl methyl sites for hydroxylation is 2. The molecule has 0 aliphatic heterocycles. The lowest BCUT2D eigenvalue weighted by Gasteiger charge is -2.08. The first kappa shape index (κ1) is 38.6. The van der Waals surface area contributed by atoms with E-state index in [4.69, 9.17) is 14.2 Å². The van der Waals surface area contributed by atoms with Gasteiger partial charge in [0.25, 0.3) is 0 Å². The quantitative estimate of drug-likeness (QED) is 0.108. The summed E-state index contributed by atoms with van der Waals surface area (Å²) in [7, 11) is 0. The SMILES string of the molecule is CC.CC(=O)CCCCn1cc(CCCC(=O)NCCCOCCOCCOCCCNC(=O)CCC(=O)S)nn1. The topological polar surface area (TPSA) is 151 Å². The van der Waals surface area contributed by atoms with Crippen molar-refractivity contribution in [3.8, 4) is 0 Å². The number of ketones is 1. The Labute approximate surface area is 250 Å². The molecule has 41 heavy (non-hydrogen) atoms. The second-order valence-electron chi connectivity index (χ2n) is 9.12. The maximum absolute atomic E-state index is 12.0. The molecule has 0 aliphatic rings. The van der Waals surface area contributed by atoms with E-state index in [1.807, 2.05) is 20.0 Å². The van der Waals surface area contributed by atoms with E-state index in [0.717, 1.165) is 31.5 Å². The average Bonchev–Trinajstić information content (AvgIpc) is 3.40. The summed E-state index contributed by atoms with van der Waals surface area (Å²) >= 11 is 3.63. The number of amides is 2. The van der Waals surface area contributed by atoms with Crippen molar-refractivity contribution in [3.05, 3.63) is 11.9 Å². The monoisotopic (exact) mass is 601 g/mol. The van der Waals surface area contributed by atoms with E-state index >= 15 is 0 Å². The van der Waals surface area contributed by atoms with Gasteiger partial charge in [0.2, 0.25) is 11.8 Å². The smallest absolute Gasteiger partial charge is 0.220 e. The van der Waals surface area contributed by atoms with Gasteiger partial charge < -0.3 is 29.6 Å². The fourth-order valence-electron chi connectivity index (χ4n) is 3.38. The Bertz CT molecular complexity index is 839. The number of hydrogen-bond acceptors (Lipinski definition) is 9. The third-order valence-corrected chi connectivity index (χ3v) is 5.70. The van der Waals surface area contributed by atoms with Crippen LogP contribution in [0.15, 0.2) is 6.20 Å². The average molecular weight is 602 g/mol. The van der Waals surface area contributed by atoms with E-state index in [0.29, 0.717) is 84.8 Å². The van der Waals surface area contributed by atoms with Crippen molar-refractivity contribution < 1.29 is 33.4 Å². The summed E-state index contributed by atoms with van der Waals surface area (Å²) in [5, 5.41) is 13.6. The van der Waals surface area contributed by atoms with Crippen molar-refractivity contribution in [1.82, 2.24) is 25.6 Å². The molecule has 1 aromatic rings. The van der Waals surface area contributed by atoms with Gasteiger partial charge in [-0.1, -0.05) is 19.1 Å². The molecule has 0 atom stereocenters. The second-order valence-corrected chi connectivity index (χ2v) is 9.62. The Hall–Kier alpha value is -2.35. The normalized spacial score (nSPS) is 10.5. The minimum Gasteiger partial charge on any atom is -0.379 e. The molecule has 1 heterocycles. The van der Waals surface area contributed by atoms with Gasteiger partial charge in [-0.05, 0) is 45.4 Å². The van der Waals surface area contributed by atoms with Crippen LogP contribution < -0.4 is 10.6 Å². The molecule has 2 N–H and O–H groups in total. The number of carbonyl (C=O) groups is 4. The summed E-state index contributed by atoms with van der Waals surface area (Å²) in [5.41, 5.74) is 0.873. The highest BCUT2D eigenvalue weighted by Gasteiger charge is 2.05. The zero-order valence-electron chi connectivity index (χ0n) is 25.2. The highest BCUT2D eigenvalue weighted by molar-refractivity contribution is 7.96. The molecule has 236 valence electrons. The van der Waals surface area contributed by atoms with Crippen LogP contribution in [0.25, 0.3) is 0 Å². The van der Waals surface area contributed by atoms with Crippen LogP contribution in [0.2, 0.25) is 0 Å². The van der Waals surface area contributed by atoms with Crippen molar-refractivity contribution in [2.24, 2.45) is 0 Å². The van der Waals surface area contributed by atoms with Crippen molar-refractivity contribution >= 4 is 35.3 Å². The molecule has 0 radical (unpaired) electrons. The summed E-state index contributed by atoms with van der Waals surface area (Å²) in [6, 6.07) is 0. The minimum absolute atomic E-state index is 0.0160. The summed E-state index contributed by atoms with van der Waals surface area (Å²) in [6.07, 6.45) is 7.83. The standard InChI is InChI=1S/C26H45N5O7S.C2H6/c1-22(32)7-2-3-14-31-21-23(29-30-31)8-4-9-24(33)27-12-5-15-36-17-19-38-20-18-37-16-6-13-28-25(34)10-11-26(35)39;1-2/h21H,2-20H2,1H3,(H,27,33)(H,28,34)(H,35,39);1-2H3. The molecule has 12 nitrogen and oxygen atoms in total. The lowest BCUT2D eigenvalue weighted by atomic mass is 10.2. The molecule has 2 amide bonds. The Kier molecular flexibility index (Phi) is 26.2. The lowest BCUT2D eigenvalue weighted by Crippen LogP contribution is -2.25. The van der Waals surface area contributed by atoms with Crippen LogP contribution in [-0.2, 0) is 46.4 Å². The Morgan fingerprint density at radius 3 is 1.88 bits per heavy atom. The summed E-state index contributed by atoms with van der Waals surface area (Å²) in [6.45, 7) is 10.4. The lowest BCUT2D eigenvalue weighted by molar-refractivity contribution is -0.123. The molecule has 0 bridgehead atoms. The summed E-state index contributed by atoms with van der Waals surface area (Å²) in [5.74, 6) is 0.0643. The summed E-state index contributed by atoms with van der Waals surface area (Å²) in [4.78, 5) is 45.1. The maximum Gasteiger partial charge on any atom is 0.220 e. The molecular formula is C28H51N5O7S. The molecule has 1 aromatic heterocycles. The number of nitrogens with one attached hydrogen (secondary N) is 2. The van der Waals surface area contributed by atoms with Crippen LogP contribution in [0.3, 0.4) is 0 Å². The van der Waals surface area contributed by atoms with Crippen LogP contribution >= 0.6 is 12.6 Å². The first-order valence-corrected chi connectivity index (χ1v) is 15.2. The summed E-state index contributed by atoms with van der Waals surface area (Å²) < 4.78 is 18.2. The van der Waals surface area contributed by atoms with Crippen molar-refractivity contribution in [3.63, 3.8) is 0 Å². The van der Waals surface area contributed by atoms with Crippen molar-refractivity contribution in [1.29, 1.82) is 0 Å². The third-order valence-electron chi connectivity index (χ3n) is 5.47. The van der Waals surface area contributed by atoms with E-state index < -0.39 is 0 Å². The fraction of sp³-hybridized carbons (Fsp3) is 0.786. The number of nitrogens with zero attached hydrogens (tertiary/aromatic N) is 3. The molecule has 0 unspecified atom stereocenters. The van der Waals surface area contributed by atoms with Crippen LogP contribution in [0.1, 0.15) is 84.3 Å². The largest absolute Gasteiger partial charge is 0.379 e. The van der Waals surface area contributed by atoms with E-state index in [2.05, 4.69) is 33.6 Å². The number of aromatic nitrogens is 3. The van der Waals surface area contributed by atoms with Gasteiger partial charge in [0.05, 0.1) is 32.1 Å². The van der Waals surface area contributed by atoms with Crippen LogP contribution in [0, 0.1) is 0 Å². The predicted octanol–water partition coefficient (Wildman–Crippen LogP) is 2.69. The molecule has 1 rings (SSSR count). The first-order chi connectivity index (χ1) is 19.9. The van der Waals surface area contributed by atoms with E-state index in [1.165, 1.54) is 0 Å². The van der Waals surface area contributed by atoms with Crippen LogP contribution in [-0.4, -0.2) is 90.4 Å². The molecule has 0 spiro atoms. The van der Waals surface area contributed by atoms with E-state index in [9.17, 15) is 19.2 Å². The maximum atomic E-state index is 12.0. The molecular weight excluding hydrogens is 550 g/mol. The molecule has 0 saturated carbocycles. The highest BCUT2D eigenvalue weighted by atomic mass is 32.1. The zero-order valence-corrected chi connectivity index (χ0v) is 26.1. The van der Waals surface area contributed by atoms with E-state index in [-0.39, 0.29) is 35.6 Å². The van der Waals surface area contributed by atoms with Crippen molar-refractivity contribution in [2.75, 3.05) is 52.7 Å². The van der Waals surface area contributed by atoms with Crippen molar-refractivity contribution in [2.45, 2.75) is 91.5 Å². The van der Waals surface area contributed by atoms with Gasteiger partial charge in [0.15, 0.2) is 5.12 Å². The number of Topliss-reactive ketones (excluding diaryl/α,β-unsaturated/α-hetero) is 1. The Morgan fingerprint density at radius 1 is 0.756 bits per heavy atom. The number of unbranched alkanes of at least 4 members (excludes halogenated alkanes) is 1.